The molecule has 1 atom stereocenters. The molecule has 0 bridgehead atoms. The molecule has 0 radical (unpaired) electrons. The first kappa shape index (κ1) is 17.2. The van der Waals surface area contributed by atoms with Gasteiger partial charge in [-0.1, -0.05) is 32.0 Å². The summed E-state index contributed by atoms with van der Waals surface area (Å²) in [6, 6.07) is 7.90. The molecule has 0 saturated heterocycles. The number of hydrogen-bond acceptors (Lipinski definition) is 2. The fourth-order valence-corrected chi connectivity index (χ4v) is 2.59. The van der Waals surface area contributed by atoms with E-state index in [2.05, 4.69) is 24.3 Å². The summed E-state index contributed by atoms with van der Waals surface area (Å²) in [7, 11) is 0. The minimum atomic E-state index is -0.405. The van der Waals surface area contributed by atoms with E-state index in [9.17, 15) is 9.18 Å². The number of amides is 1. The van der Waals surface area contributed by atoms with Gasteiger partial charge >= 0.3 is 0 Å². The number of hydrogen-bond donors (Lipinski definition) is 1. The monoisotopic (exact) mass is 317 g/mol. The second-order valence-corrected chi connectivity index (χ2v) is 6.15. The maximum atomic E-state index is 13.8. The van der Waals surface area contributed by atoms with Gasteiger partial charge in [0.25, 0.3) is 5.91 Å². The Kier molecular flexibility index (Phi) is 5.53. The van der Waals surface area contributed by atoms with E-state index in [1.54, 1.807) is 29.8 Å². The molecule has 0 aliphatic heterocycles. The fourth-order valence-electron chi connectivity index (χ4n) is 2.59. The maximum Gasteiger partial charge on any atom is 0.270 e. The summed E-state index contributed by atoms with van der Waals surface area (Å²) in [4.78, 5) is 12.5. The Balaban J connectivity index is 2.17. The molecule has 23 heavy (non-hydrogen) atoms. The van der Waals surface area contributed by atoms with Crippen molar-refractivity contribution in [3.05, 3.63) is 53.1 Å². The molecule has 0 aliphatic rings. The first-order chi connectivity index (χ1) is 10.9. The van der Waals surface area contributed by atoms with Crippen molar-refractivity contribution < 1.29 is 9.18 Å². The average Bonchev–Trinajstić information content (AvgIpc) is 2.89. The van der Waals surface area contributed by atoms with Gasteiger partial charge in [0, 0.05) is 12.1 Å². The largest absolute Gasteiger partial charge is 0.344 e. The van der Waals surface area contributed by atoms with Crippen molar-refractivity contribution in [1.82, 2.24) is 15.1 Å². The summed E-state index contributed by atoms with van der Waals surface area (Å²) in [5.41, 5.74) is 1.91. The van der Waals surface area contributed by atoms with Gasteiger partial charge in [0.2, 0.25) is 0 Å². The quantitative estimate of drug-likeness (QED) is 0.882. The third kappa shape index (κ3) is 4.18. The first-order valence-electron chi connectivity index (χ1n) is 8.04. The highest BCUT2D eigenvalue weighted by molar-refractivity contribution is 5.93. The molecule has 0 unspecified atom stereocenters. The van der Waals surface area contributed by atoms with Crippen LogP contribution in [0.2, 0.25) is 0 Å². The molecule has 0 saturated carbocycles. The Morgan fingerprint density at radius 1 is 1.30 bits per heavy atom. The number of benzene rings is 1. The number of halogens is 1. The van der Waals surface area contributed by atoms with Crippen molar-refractivity contribution in [2.75, 3.05) is 0 Å². The van der Waals surface area contributed by atoms with Crippen LogP contribution in [-0.4, -0.2) is 15.7 Å². The zero-order valence-electron chi connectivity index (χ0n) is 14.1. The molecular formula is C18H24FN3O. The SMILES string of the molecule is CCn1nc(CC(C)C)cc1C(=O)N[C@H](C)c1ccccc1F. The Bertz CT molecular complexity index is 679. The van der Waals surface area contributed by atoms with E-state index in [0.29, 0.717) is 23.7 Å². The van der Waals surface area contributed by atoms with Crippen molar-refractivity contribution in [3.63, 3.8) is 0 Å². The van der Waals surface area contributed by atoms with Crippen LogP contribution in [0.5, 0.6) is 0 Å². The van der Waals surface area contributed by atoms with Gasteiger partial charge in [-0.15, -0.1) is 0 Å². The Morgan fingerprint density at radius 2 is 2.00 bits per heavy atom. The van der Waals surface area contributed by atoms with Crippen LogP contribution < -0.4 is 5.32 Å². The topological polar surface area (TPSA) is 46.9 Å². The lowest BCUT2D eigenvalue weighted by Crippen LogP contribution is -2.29. The second kappa shape index (κ2) is 7.40. The highest BCUT2D eigenvalue weighted by Crippen LogP contribution is 2.17. The zero-order chi connectivity index (χ0) is 17.0. The summed E-state index contributed by atoms with van der Waals surface area (Å²) in [5.74, 6) is -0.0710. The molecule has 1 aromatic heterocycles. The van der Waals surface area contributed by atoms with Gasteiger partial charge in [-0.25, -0.2) is 4.39 Å². The number of aromatic nitrogens is 2. The highest BCUT2D eigenvalue weighted by Gasteiger charge is 2.19. The molecule has 124 valence electrons. The van der Waals surface area contributed by atoms with Gasteiger partial charge in [-0.05, 0) is 38.3 Å². The van der Waals surface area contributed by atoms with E-state index >= 15 is 0 Å². The van der Waals surface area contributed by atoms with Crippen LogP contribution >= 0.6 is 0 Å². The van der Waals surface area contributed by atoms with Crippen LogP contribution in [0.25, 0.3) is 0 Å². The van der Waals surface area contributed by atoms with Crippen molar-refractivity contribution in [1.29, 1.82) is 0 Å². The molecule has 2 aromatic rings. The zero-order valence-corrected chi connectivity index (χ0v) is 14.1. The Labute approximate surface area is 136 Å². The lowest BCUT2D eigenvalue weighted by Gasteiger charge is -2.15. The summed E-state index contributed by atoms with van der Waals surface area (Å²) < 4.78 is 15.5. The van der Waals surface area contributed by atoms with Gasteiger partial charge in [-0.2, -0.15) is 5.10 Å². The molecule has 1 aromatic carbocycles. The smallest absolute Gasteiger partial charge is 0.270 e. The average molecular weight is 317 g/mol. The molecule has 1 N–H and O–H groups in total. The Hall–Kier alpha value is -2.17. The number of carbonyl (C=O) groups excluding carboxylic acids is 1. The number of rotatable bonds is 6. The predicted octanol–water partition coefficient (Wildman–Crippen LogP) is 3.73. The minimum Gasteiger partial charge on any atom is -0.344 e. The Morgan fingerprint density at radius 3 is 2.61 bits per heavy atom. The van der Waals surface area contributed by atoms with Gasteiger partial charge < -0.3 is 5.32 Å². The van der Waals surface area contributed by atoms with Gasteiger partial charge in [0.1, 0.15) is 11.5 Å². The van der Waals surface area contributed by atoms with Crippen LogP contribution in [0.4, 0.5) is 4.39 Å². The highest BCUT2D eigenvalue weighted by atomic mass is 19.1. The molecule has 1 heterocycles. The lowest BCUT2D eigenvalue weighted by atomic mass is 10.1. The minimum absolute atomic E-state index is 0.231. The van der Waals surface area contributed by atoms with Crippen LogP contribution in [0.15, 0.2) is 30.3 Å². The predicted molar refractivity (Wildman–Crippen MR) is 88.7 cm³/mol. The molecule has 0 spiro atoms. The van der Waals surface area contributed by atoms with E-state index in [4.69, 9.17) is 0 Å². The van der Waals surface area contributed by atoms with Crippen LogP contribution in [-0.2, 0) is 13.0 Å². The fraction of sp³-hybridized carbons (Fsp3) is 0.444. The second-order valence-electron chi connectivity index (χ2n) is 6.15. The van der Waals surface area contributed by atoms with Crippen molar-refractivity contribution in [2.45, 2.75) is 46.7 Å². The summed E-state index contributed by atoms with van der Waals surface area (Å²) >= 11 is 0. The van der Waals surface area contributed by atoms with Crippen LogP contribution in [0.1, 0.15) is 55.5 Å². The molecular weight excluding hydrogens is 293 g/mol. The van der Waals surface area contributed by atoms with Crippen LogP contribution in [0.3, 0.4) is 0 Å². The van der Waals surface area contributed by atoms with Crippen molar-refractivity contribution in [3.8, 4) is 0 Å². The van der Waals surface area contributed by atoms with E-state index in [1.807, 2.05) is 13.0 Å². The summed E-state index contributed by atoms with van der Waals surface area (Å²) in [6.45, 7) is 8.58. The van der Waals surface area contributed by atoms with Crippen molar-refractivity contribution in [2.24, 2.45) is 5.92 Å². The normalized spacial score (nSPS) is 12.4. The third-order valence-corrected chi connectivity index (χ3v) is 3.70. The maximum absolute atomic E-state index is 13.8. The molecule has 0 fully saturated rings. The number of nitrogens with zero attached hydrogens (tertiary/aromatic N) is 2. The standard InChI is InChI=1S/C18H24FN3O/c1-5-22-17(11-14(21-22)10-12(2)3)18(23)20-13(4)15-8-6-7-9-16(15)19/h6-9,11-13H,5,10H2,1-4H3,(H,20,23)/t13-/m1/s1. The summed E-state index contributed by atoms with van der Waals surface area (Å²) in [6.07, 6.45) is 0.830. The number of carbonyl (C=O) groups is 1. The van der Waals surface area contributed by atoms with E-state index in [1.165, 1.54) is 6.07 Å². The molecule has 4 nitrogen and oxygen atoms in total. The molecule has 5 heteroatoms. The first-order valence-corrected chi connectivity index (χ1v) is 8.04. The van der Waals surface area contributed by atoms with Crippen LogP contribution in [0, 0.1) is 11.7 Å². The number of nitrogens with one attached hydrogen (secondary N) is 1. The third-order valence-electron chi connectivity index (χ3n) is 3.70. The lowest BCUT2D eigenvalue weighted by molar-refractivity contribution is 0.0928. The van der Waals surface area contributed by atoms with Gasteiger partial charge in [0.15, 0.2) is 0 Å². The van der Waals surface area contributed by atoms with E-state index in [0.717, 1.165) is 12.1 Å². The molecule has 2 rings (SSSR count). The van der Waals surface area contributed by atoms with E-state index in [-0.39, 0.29) is 11.7 Å². The molecule has 0 aliphatic carbocycles. The van der Waals surface area contributed by atoms with E-state index < -0.39 is 6.04 Å². The van der Waals surface area contributed by atoms with Crippen molar-refractivity contribution >= 4 is 5.91 Å². The number of aryl methyl sites for hydroxylation is 1. The summed E-state index contributed by atoms with van der Waals surface area (Å²) in [5, 5.41) is 7.32. The molecule has 1 amide bonds. The van der Waals surface area contributed by atoms with Gasteiger partial charge in [-0.3, -0.25) is 9.48 Å². The van der Waals surface area contributed by atoms with Gasteiger partial charge in [0.05, 0.1) is 11.7 Å².